The fourth-order valence-electron chi connectivity index (χ4n) is 7.89. The number of rotatable bonds is 3. The zero-order valence-corrected chi connectivity index (χ0v) is 22.7. The molecule has 7 rings (SSSR count). The Morgan fingerprint density at radius 1 is 0.854 bits per heavy atom. The number of hydrogen-bond acceptors (Lipinski definition) is 5. The van der Waals surface area contributed by atoms with Gasteiger partial charge in [-0.05, 0) is 54.2 Å². The summed E-state index contributed by atoms with van der Waals surface area (Å²) in [6.07, 6.45) is 3.95. The summed E-state index contributed by atoms with van der Waals surface area (Å²) in [5.74, 6) is -4.48. The van der Waals surface area contributed by atoms with E-state index in [1.165, 1.54) is 12.1 Å². The standard InChI is InChI=1S/C34H26ClNO5/c35-20-11-14-27(37)25(15-20)30-21-12-13-22-29(33(41)36-32(22)40)24(21)16-26-31(39)23(18-7-3-1-4-8-18)17-28(38)34(26,30)19-9-5-2-6-10-19/h1-12,14-15,17,22,24,26,29-30,37H,13,16H2,(H,36,40,41). The van der Waals surface area contributed by atoms with E-state index in [1.54, 1.807) is 24.3 Å². The number of Topliss-reactive ketones (excluding diaryl/α,β-unsaturated/α-hetero) is 1. The summed E-state index contributed by atoms with van der Waals surface area (Å²) in [6, 6.07) is 23.1. The second kappa shape index (κ2) is 9.38. The quantitative estimate of drug-likeness (QED) is 0.339. The maximum absolute atomic E-state index is 14.8. The molecule has 0 aromatic heterocycles. The van der Waals surface area contributed by atoms with Gasteiger partial charge in [-0.3, -0.25) is 24.5 Å². The van der Waals surface area contributed by atoms with Crippen molar-refractivity contribution >= 4 is 40.6 Å². The van der Waals surface area contributed by atoms with Gasteiger partial charge in [0, 0.05) is 28.0 Å². The molecule has 4 aliphatic rings. The number of nitrogens with one attached hydrogen (secondary N) is 1. The molecule has 3 aromatic carbocycles. The summed E-state index contributed by atoms with van der Waals surface area (Å²) in [7, 11) is 0. The Morgan fingerprint density at radius 3 is 2.29 bits per heavy atom. The Bertz CT molecular complexity index is 1690. The van der Waals surface area contributed by atoms with E-state index in [9.17, 15) is 24.3 Å². The van der Waals surface area contributed by atoms with Gasteiger partial charge < -0.3 is 5.11 Å². The van der Waals surface area contributed by atoms with Crippen LogP contribution in [0.1, 0.15) is 35.4 Å². The molecule has 1 saturated heterocycles. The molecule has 1 saturated carbocycles. The molecular weight excluding hydrogens is 538 g/mol. The fraction of sp³-hybridized carbons (Fsp3) is 0.235. The number of benzene rings is 3. The number of phenols is 1. The Labute approximate surface area is 241 Å². The average molecular weight is 564 g/mol. The minimum atomic E-state index is -1.40. The van der Waals surface area contributed by atoms with Gasteiger partial charge in [-0.1, -0.05) is 83.9 Å². The Morgan fingerprint density at radius 2 is 1.56 bits per heavy atom. The van der Waals surface area contributed by atoms with Gasteiger partial charge in [0.2, 0.25) is 11.8 Å². The van der Waals surface area contributed by atoms with Crippen LogP contribution in [0.25, 0.3) is 5.57 Å². The molecule has 6 atom stereocenters. The van der Waals surface area contributed by atoms with Crippen LogP contribution >= 0.6 is 11.6 Å². The number of aromatic hydroxyl groups is 1. The molecule has 0 spiro atoms. The van der Waals surface area contributed by atoms with Gasteiger partial charge in [0.05, 0.1) is 17.3 Å². The van der Waals surface area contributed by atoms with E-state index in [0.717, 1.165) is 5.57 Å². The molecule has 204 valence electrons. The number of imide groups is 1. The average Bonchev–Trinajstić information content (AvgIpc) is 3.29. The maximum atomic E-state index is 14.8. The van der Waals surface area contributed by atoms with Crippen LogP contribution < -0.4 is 5.32 Å². The van der Waals surface area contributed by atoms with Gasteiger partial charge >= 0.3 is 0 Å². The van der Waals surface area contributed by atoms with E-state index in [4.69, 9.17) is 11.6 Å². The third-order valence-electron chi connectivity index (χ3n) is 9.52. The van der Waals surface area contributed by atoms with Crippen LogP contribution in [0, 0.1) is 23.7 Å². The summed E-state index contributed by atoms with van der Waals surface area (Å²) in [5.41, 5.74) is 1.44. The molecule has 7 heteroatoms. The molecule has 1 aliphatic heterocycles. The first kappa shape index (κ1) is 25.7. The predicted octanol–water partition coefficient (Wildman–Crippen LogP) is 5.16. The van der Waals surface area contributed by atoms with Crippen molar-refractivity contribution in [3.63, 3.8) is 0 Å². The van der Waals surface area contributed by atoms with Crippen LogP contribution in [0.4, 0.5) is 0 Å². The third kappa shape index (κ3) is 3.63. The molecule has 6 nitrogen and oxygen atoms in total. The van der Waals surface area contributed by atoms with Crippen LogP contribution in [0.3, 0.4) is 0 Å². The van der Waals surface area contributed by atoms with E-state index < -0.39 is 35.0 Å². The Hall–Kier alpha value is -4.29. The van der Waals surface area contributed by atoms with Gasteiger partial charge in [0.15, 0.2) is 11.6 Å². The number of ketones is 2. The zero-order valence-electron chi connectivity index (χ0n) is 21.9. The van der Waals surface area contributed by atoms with E-state index >= 15 is 0 Å². The monoisotopic (exact) mass is 563 g/mol. The van der Waals surface area contributed by atoms with Crippen molar-refractivity contribution < 1.29 is 24.3 Å². The number of fused-ring (bicyclic) bond motifs is 4. The lowest BCUT2D eigenvalue weighted by atomic mass is 9.44. The second-order valence-corrected chi connectivity index (χ2v) is 11.8. The number of allylic oxidation sites excluding steroid dienone is 4. The lowest BCUT2D eigenvalue weighted by Crippen LogP contribution is -2.58. The van der Waals surface area contributed by atoms with Gasteiger partial charge in [0.25, 0.3) is 0 Å². The number of halogens is 1. The van der Waals surface area contributed by atoms with E-state index in [2.05, 4.69) is 5.32 Å². The molecule has 0 radical (unpaired) electrons. The van der Waals surface area contributed by atoms with E-state index in [-0.39, 0.29) is 35.6 Å². The molecule has 2 amide bonds. The van der Waals surface area contributed by atoms with Crippen LogP contribution in [0.15, 0.2) is 96.6 Å². The van der Waals surface area contributed by atoms with E-state index in [1.807, 2.05) is 54.6 Å². The molecule has 3 aliphatic carbocycles. The first-order valence-corrected chi connectivity index (χ1v) is 14.1. The maximum Gasteiger partial charge on any atom is 0.231 e. The highest BCUT2D eigenvalue weighted by molar-refractivity contribution is 6.32. The number of phenolic OH excluding ortho intramolecular Hbond substituents is 1. The molecule has 41 heavy (non-hydrogen) atoms. The van der Waals surface area contributed by atoms with Crippen molar-refractivity contribution in [1.82, 2.24) is 5.32 Å². The van der Waals surface area contributed by atoms with Crippen molar-refractivity contribution in [2.24, 2.45) is 23.7 Å². The number of carbonyl (C=O) groups excluding carboxylic acids is 4. The highest BCUT2D eigenvalue weighted by Gasteiger charge is 2.65. The fourth-order valence-corrected chi connectivity index (χ4v) is 8.07. The zero-order chi connectivity index (χ0) is 28.5. The SMILES string of the molecule is O=C1NC(=O)C2C1CC=C1C2CC2C(=O)C(c3ccccc3)=CC(=O)C2(c2ccccc2)C1c1cc(Cl)ccc1O. The van der Waals surface area contributed by atoms with Gasteiger partial charge in [-0.2, -0.15) is 0 Å². The normalized spacial score (nSPS) is 30.5. The van der Waals surface area contributed by atoms with Crippen molar-refractivity contribution in [2.45, 2.75) is 24.2 Å². The summed E-state index contributed by atoms with van der Waals surface area (Å²) in [4.78, 5) is 55.3. The van der Waals surface area contributed by atoms with Gasteiger partial charge in [0.1, 0.15) is 5.75 Å². The Balaban J connectivity index is 1.55. The smallest absolute Gasteiger partial charge is 0.231 e. The van der Waals surface area contributed by atoms with Crippen molar-refractivity contribution in [3.8, 4) is 5.75 Å². The number of hydrogen-bond donors (Lipinski definition) is 2. The molecule has 2 N–H and O–H groups in total. The van der Waals surface area contributed by atoms with Crippen LogP contribution in [0.5, 0.6) is 5.75 Å². The molecule has 6 unspecified atom stereocenters. The number of amides is 2. The summed E-state index contributed by atoms with van der Waals surface area (Å²) < 4.78 is 0. The lowest BCUT2D eigenvalue weighted by Gasteiger charge is -2.55. The molecule has 1 heterocycles. The minimum Gasteiger partial charge on any atom is -0.508 e. The van der Waals surface area contributed by atoms with Crippen molar-refractivity contribution in [1.29, 1.82) is 0 Å². The summed E-state index contributed by atoms with van der Waals surface area (Å²) in [6.45, 7) is 0. The topological polar surface area (TPSA) is 101 Å². The summed E-state index contributed by atoms with van der Waals surface area (Å²) in [5, 5.41) is 14.1. The van der Waals surface area contributed by atoms with Gasteiger partial charge in [-0.15, -0.1) is 0 Å². The van der Waals surface area contributed by atoms with Crippen LogP contribution in [0.2, 0.25) is 5.02 Å². The van der Waals surface area contributed by atoms with Crippen LogP contribution in [-0.4, -0.2) is 28.5 Å². The number of carbonyl (C=O) groups is 4. The first-order valence-electron chi connectivity index (χ1n) is 13.8. The van der Waals surface area contributed by atoms with Crippen molar-refractivity contribution in [2.75, 3.05) is 0 Å². The molecular formula is C34H26ClNO5. The first-order chi connectivity index (χ1) is 19.8. The lowest BCUT2D eigenvalue weighted by molar-refractivity contribution is -0.135. The summed E-state index contributed by atoms with van der Waals surface area (Å²) >= 11 is 6.47. The highest BCUT2D eigenvalue weighted by Crippen LogP contribution is 2.64. The Kier molecular flexibility index (Phi) is 5.87. The largest absolute Gasteiger partial charge is 0.508 e. The molecule has 2 fully saturated rings. The molecule has 3 aromatic rings. The second-order valence-electron chi connectivity index (χ2n) is 11.3. The van der Waals surface area contributed by atoms with Crippen LogP contribution in [-0.2, 0) is 24.6 Å². The van der Waals surface area contributed by atoms with Crippen molar-refractivity contribution in [3.05, 3.63) is 118 Å². The van der Waals surface area contributed by atoms with Gasteiger partial charge in [-0.25, -0.2) is 0 Å². The molecule has 0 bridgehead atoms. The highest BCUT2D eigenvalue weighted by atomic mass is 35.5. The predicted molar refractivity (Wildman–Crippen MR) is 153 cm³/mol. The van der Waals surface area contributed by atoms with E-state index in [0.29, 0.717) is 33.7 Å². The third-order valence-corrected chi connectivity index (χ3v) is 9.75. The minimum absolute atomic E-state index is 0.0536.